The van der Waals surface area contributed by atoms with Crippen molar-refractivity contribution in [1.82, 2.24) is 0 Å². The number of unbranched alkanes of at least 4 members (excludes halogenated alkanes) is 1. The van der Waals surface area contributed by atoms with E-state index in [0.29, 0.717) is 12.2 Å². The lowest BCUT2D eigenvalue weighted by Crippen LogP contribution is -2.08. The van der Waals surface area contributed by atoms with E-state index in [1.807, 2.05) is 6.92 Å². The van der Waals surface area contributed by atoms with Crippen molar-refractivity contribution in [3.8, 4) is 0 Å². The third-order valence-electron chi connectivity index (χ3n) is 2.44. The van der Waals surface area contributed by atoms with Crippen molar-refractivity contribution in [3.05, 3.63) is 39.4 Å². The SMILES string of the molecule is CCCCOCc1cccc([N+](=O)[O-])c1C(=O)O. The highest BCUT2D eigenvalue weighted by Crippen LogP contribution is 2.23. The molecule has 98 valence electrons. The quantitative estimate of drug-likeness (QED) is 0.458. The summed E-state index contributed by atoms with van der Waals surface area (Å²) in [6, 6.07) is 4.17. The maximum absolute atomic E-state index is 11.1. The van der Waals surface area contributed by atoms with Gasteiger partial charge in [-0.15, -0.1) is 0 Å². The van der Waals surface area contributed by atoms with Crippen molar-refractivity contribution in [2.24, 2.45) is 0 Å². The highest BCUT2D eigenvalue weighted by atomic mass is 16.6. The molecule has 6 nitrogen and oxygen atoms in total. The number of nitrogens with zero attached hydrogens (tertiary/aromatic N) is 1. The second-order valence-electron chi connectivity index (χ2n) is 3.78. The predicted molar refractivity (Wildman–Crippen MR) is 64.6 cm³/mol. The molecule has 0 saturated carbocycles. The third-order valence-corrected chi connectivity index (χ3v) is 2.44. The number of hydrogen-bond acceptors (Lipinski definition) is 4. The van der Waals surface area contributed by atoms with Crippen LogP contribution in [0.2, 0.25) is 0 Å². The van der Waals surface area contributed by atoms with Crippen LogP contribution in [0.1, 0.15) is 35.7 Å². The number of nitro benzene ring substituents is 1. The summed E-state index contributed by atoms with van der Waals surface area (Å²) in [5.74, 6) is -1.31. The number of nitro groups is 1. The third kappa shape index (κ3) is 3.53. The average Bonchev–Trinajstić information content (AvgIpc) is 2.33. The Morgan fingerprint density at radius 1 is 1.50 bits per heavy atom. The summed E-state index contributed by atoms with van der Waals surface area (Å²) in [5, 5.41) is 19.8. The molecule has 0 radical (unpaired) electrons. The van der Waals surface area contributed by atoms with Crippen molar-refractivity contribution >= 4 is 11.7 Å². The minimum atomic E-state index is -1.31. The number of carboxylic acid groups (broad SMARTS) is 1. The zero-order chi connectivity index (χ0) is 13.5. The minimum absolute atomic E-state index is 0.0727. The normalized spacial score (nSPS) is 10.3. The number of carboxylic acids is 1. The largest absolute Gasteiger partial charge is 0.477 e. The van der Waals surface area contributed by atoms with Crippen molar-refractivity contribution in [2.75, 3.05) is 6.61 Å². The van der Waals surface area contributed by atoms with Crippen LogP contribution in [0.15, 0.2) is 18.2 Å². The molecule has 0 saturated heterocycles. The van der Waals surface area contributed by atoms with Gasteiger partial charge in [-0.3, -0.25) is 10.1 Å². The molecule has 18 heavy (non-hydrogen) atoms. The molecule has 0 amide bonds. The van der Waals surface area contributed by atoms with Crippen LogP contribution in [0.25, 0.3) is 0 Å². The van der Waals surface area contributed by atoms with Gasteiger partial charge in [0.2, 0.25) is 0 Å². The first-order valence-corrected chi connectivity index (χ1v) is 5.65. The molecule has 0 aliphatic rings. The van der Waals surface area contributed by atoms with Crippen LogP contribution in [0.5, 0.6) is 0 Å². The van der Waals surface area contributed by atoms with Gasteiger partial charge in [-0.25, -0.2) is 4.79 Å². The average molecular weight is 253 g/mol. The van der Waals surface area contributed by atoms with E-state index in [9.17, 15) is 14.9 Å². The summed E-state index contributed by atoms with van der Waals surface area (Å²) < 4.78 is 5.30. The summed E-state index contributed by atoms with van der Waals surface area (Å²) in [5.41, 5.74) is -0.370. The van der Waals surface area contributed by atoms with Crippen LogP contribution >= 0.6 is 0 Å². The summed E-state index contributed by atoms with van der Waals surface area (Å²) in [6.45, 7) is 2.60. The van der Waals surface area contributed by atoms with E-state index in [2.05, 4.69) is 0 Å². The van der Waals surface area contributed by atoms with Gasteiger partial charge in [0.15, 0.2) is 0 Å². The first-order chi connectivity index (χ1) is 8.57. The number of benzene rings is 1. The molecule has 0 atom stereocenters. The molecule has 1 aromatic rings. The first kappa shape index (κ1) is 14.1. The smallest absolute Gasteiger partial charge is 0.343 e. The van der Waals surface area contributed by atoms with Gasteiger partial charge < -0.3 is 9.84 Å². The molecule has 0 aromatic heterocycles. The monoisotopic (exact) mass is 253 g/mol. The zero-order valence-corrected chi connectivity index (χ0v) is 10.1. The zero-order valence-electron chi connectivity index (χ0n) is 10.1. The van der Waals surface area contributed by atoms with Gasteiger partial charge in [0, 0.05) is 12.7 Å². The number of carbonyl (C=O) groups is 1. The molecule has 1 N–H and O–H groups in total. The van der Waals surface area contributed by atoms with Crippen LogP contribution in [0.4, 0.5) is 5.69 Å². The Balaban J connectivity index is 2.93. The molecular weight excluding hydrogens is 238 g/mol. The Morgan fingerprint density at radius 3 is 2.78 bits per heavy atom. The molecule has 0 aliphatic heterocycles. The van der Waals surface area contributed by atoms with Crippen LogP contribution < -0.4 is 0 Å². The van der Waals surface area contributed by atoms with Crippen molar-refractivity contribution in [3.63, 3.8) is 0 Å². The van der Waals surface area contributed by atoms with E-state index < -0.39 is 16.6 Å². The lowest BCUT2D eigenvalue weighted by Gasteiger charge is -2.07. The first-order valence-electron chi connectivity index (χ1n) is 5.65. The molecule has 1 aromatic carbocycles. The van der Waals surface area contributed by atoms with E-state index in [1.165, 1.54) is 18.2 Å². The molecule has 0 spiro atoms. The molecule has 0 bridgehead atoms. The van der Waals surface area contributed by atoms with E-state index in [0.717, 1.165) is 12.8 Å². The van der Waals surface area contributed by atoms with Gasteiger partial charge in [-0.2, -0.15) is 0 Å². The molecule has 0 fully saturated rings. The number of rotatable bonds is 7. The lowest BCUT2D eigenvalue weighted by molar-refractivity contribution is -0.385. The summed E-state index contributed by atoms with van der Waals surface area (Å²) in [4.78, 5) is 21.1. The van der Waals surface area contributed by atoms with Gasteiger partial charge in [0.25, 0.3) is 5.69 Å². The van der Waals surface area contributed by atoms with Gasteiger partial charge in [-0.05, 0) is 12.0 Å². The van der Waals surface area contributed by atoms with Crippen LogP contribution in [0, 0.1) is 10.1 Å². The Kier molecular flexibility index (Phi) is 5.26. The minimum Gasteiger partial charge on any atom is -0.477 e. The molecule has 0 unspecified atom stereocenters. The Morgan fingerprint density at radius 2 is 2.22 bits per heavy atom. The number of hydrogen-bond donors (Lipinski definition) is 1. The molecule has 0 heterocycles. The predicted octanol–water partition coefficient (Wildman–Crippen LogP) is 2.61. The maximum Gasteiger partial charge on any atom is 0.343 e. The molecule has 0 aliphatic carbocycles. The van der Waals surface area contributed by atoms with Gasteiger partial charge in [-0.1, -0.05) is 25.5 Å². The van der Waals surface area contributed by atoms with E-state index in [1.54, 1.807) is 0 Å². The van der Waals surface area contributed by atoms with Crippen molar-refractivity contribution in [1.29, 1.82) is 0 Å². The van der Waals surface area contributed by atoms with Crippen LogP contribution in [0.3, 0.4) is 0 Å². The Bertz CT molecular complexity index is 444. The number of ether oxygens (including phenoxy) is 1. The van der Waals surface area contributed by atoms with Crippen molar-refractivity contribution < 1.29 is 19.6 Å². The second kappa shape index (κ2) is 6.70. The molecule has 6 heteroatoms. The Hall–Kier alpha value is -1.95. The van der Waals surface area contributed by atoms with Crippen LogP contribution in [-0.4, -0.2) is 22.6 Å². The fraction of sp³-hybridized carbons (Fsp3) is 0.417. The summed E-state index contributed by atoms with van der Waals surface area (Å²) in [6.07, 6.45) is 1.85. The van der Waals surface area contributed by atoms with E-state index >= 15 is 0 Å². The highest BCUT2D eigenvalue weighted by molar-refractivity contribution is 5.94. The fourth-order valence-corrected chi connectivity index (χ4v) is 1.53. The number of aromatic carboxylic acids is 1. The highest BCUT2D eigenvalue weighted by Gasteiger charge is 2.23. The maximum atomic E-state index is 11.1. The second-order valence-corrected chi connectivity index (χ2v) is 3.78. The van der Waals surface area contributed by atoms with Crippen molar-refractivity contribution in [2.45, 2.75) is 26.4 Å². The van der Waals surface area contributed by atoms with Gasteiger partial charge >= 0.3 is 5.97 Å². The summed E-state index contributed by atoms with van der Waals surface area (Å²) >= 11 is 0. The van der Waals surface area contributed by atoms with Crippen LogP contribution in [-0.2, 0) is 11.3 Å². The summed E-state index contributed by atoms with van der Waals surface area (Å²) in [7, 11) is 0. The molecule has 1 rings (SSSR count). The standard InChI is InChI=1S/C12H15NO5/c1-2-3-7-18-8-9-5-4-6-10(13(16)17)11(9)12(14)15/h4-6H,2-3,7-8H2,1H3,(H,14,15). The Labute approximate surface area is 104 Å². The lowest BCUT2D eigenvalue weighted by atomic mass is 10.1. The van der Waals surface area contributed by atoms with E-state index in [4.69, 9.17) is 9.84 Å². The van der Waals surface area contributed by atoms with E-state index in [-0.39, 0.29) is 12.2 Å². The van der Waals surface area contributed by atoms with Gasteiger partial charge in [0.1, 0.15) is 5.56 Å². The topological polar surface area (TPSA) is 89.7 Å². The molecular formula is C12H15NO5. The fourth-order valence-electron chi connectivity index (χ4n) is 1.53. The van der Waals surface area contributed by atoms with Gasteiger partial charge in [0.05, 0.1) is 11.5 Å².